The number of rotatable bonds is 5. The highest BCUT2D eigenvalue weighted by atomic mass is 32.2. The molecule has 0 radical (unpaired) electrons. The van der Waals surface area contributed by atoms with E-state index in [1.807, 2.05) is 4.90 Å². The number of nitro benzene ring substituents is 1. The van der Waals surface area contributed by atoms with Crippen molar-refractivity contribution >= 4 is 21.4 Å². The number of oxime groups is 1. The van der Waals surface area contributed by atoms with Crippen LogP contribution in [0.25, 0.3) is 0 Å². The van der Waals surface area contributed by atoms with Crippen molar-refractivity contribution < 1.29 is 18.2 Å². The summed E-state index contributed by atoms with van der Waals surface area (Å²) in [4.78, 5) is 18.3. The van der Waals surface area contributed by atoms with Crippen molar-refractivity contribution in [2.24, 2.45) is 5.16 Å². The first kappa shape index (κ1) is 17.5. The van der Waals surface area contributed by atoms with Crippen LogP contribution in [0.5, 0.6) is 0 Å². The van der Waals surface area contributed by atoms with Crippen molar-refractivity contribution in [1.82, 2.24) is 4.90 Å². The molecule has 4 rings (SSSR count). The number of benzene rings is 2. The lowest BCUT2D eigenvalue weighted by atomic mass is 10.1. The zero-order valence-corrected chi connectivity index (χ0v) is 15.1. The molecule has 0 aliphatic carbocycles. The third-order valence-corrected chi connectivity index (χ3v) is 6.65. The third-order valence-electron chi connectivity index (χ3n) is 4.83. The molecule has 9 heteroatoms. The summed E-state index contributed by atoms with van der Waals surface area (Å²) >= 11 is 0. The molecule has 140 valence electrons. The van der Waals surface area contributed by atoms with Gasteiger partial charge in [0.1, 0.15) is 5.75 Å². The molecule has 8 nitrogen and oxygen atoms in total. The van der Waals surface area contributed by atoms with E-state index in [2.05, 4.69) is 5.16 Å². The van der Waals surface area contributed by atoms with Crippen molar-refractivity contribution in [2.75, 3.05) is 12.3 Å². The first-order valence-corrected chi connectivity index (χ1v) is 10.1. The van der Waals surface area contributed by atoms with Crippen molar-refractivity contribution in [3.8, 4) is 0 Å². The Morgan fingerprint density at radius 2 is 1.96 bits per heavy atom. The molecule has 1 fully saturated rings. The van der Waals surface area contributed by atoms with Crippen LogP contribution in [0.3, 0.4) is 0 Å². The summed E-state index contributed by atoms with van der Waals surface area (Å²) in [7, 11) is -3.58. The number of nitro groups is 1. The molecule has 0 aromatic heterocycles. The lowest BCUT2D eigenvalue weighted by Crippen LogP contribution is -2.48. The molecule has 1 atom stereocenters. The van der Waals surface area contributed by atoms with Crippen LogP contribution in [0, 0.1) is 10.1 Å². The maximum absolute atomic E-state index is 12.9. The molecule has 2 aliphatic heterocycles. The first-order valence-electron chi connectivity index (χ1n) is 8.48. The fourth-order valence-corrected chi connectivity index (χ4v) is 5.26. The Bertz CT molecular complexity index is 1020. The Labute approximate surface area is 156 Å². The standard InChI is InChI=1S/C18H17N3O5S/c22-21(23)15-7-4-6-14(12-15)17-19-26-18(10-5-11-20(17)18)13-27(24,25)16-8-2-1-3-9-16/h1-4,6-9,12H,5,10-11,13H2. The van der Waals surface area contributed by atoms with Gasteiger partial charge in [0, 0.05) is 30.7 Å². The van der Waals surface area contributed by atoms with E-state index >= 15 is 0 Å². The molecule has 2 aromatic carbocycles. The van der Waals surface area contributed by atoms with Gasteiger partial charge in [0.25, 0.3) is 5.69 Å². The third kappa shape index (κ3) is 3.03. The Balaban J connectivity index is 1.65. The monoisotopic (exact) mass is 387 g/mol. The van der Waals surface area contributed by atoms with E-state index in [1.165, 1.54) is 12.1 Å². The van der Waals surface area contributed by atoms with Gasteiger partial charge in [-0.2, -0.15) is 0 Å². The number of nitrogens with zero attached hydrogens (tertiary/aromatic N) is 3. The highest BCUT2D eigenvalue weighted by Gasteiger charge is 2.52. The van der Waals surface area contributed by atoms with Crippen LogP contribution in [0.4, 0.5) is 5.69 Å². The van der Waals surface area contributed by atoms with Gasteiger partial charge in [-0.15, -0.1) is 0 Å². The number of fused-ring (bicyclic) bond motifs is 1. The highest BCUT2D eigenvalue weighted by molar-refractivity contribution is 7.91. The minimum absolute atomic E-state index is 0.0520. The predicted molar refractivity (Wildman–Crippen MR) is 97.9 cm³/mol. The number of hydrogen-bond acceptors (Lipinski definition) is 7. The maximum Gasteiger partial charge on any atom is 0.270 e. The van der Waals surface area contributed by atoms with Crippen LogP contribution in [0.2, 0.25) is 0 Å². The normalized spacial score (nSPS) is 21.5. The number of amidine groups is 1. The SMILES string of the molecule is O=[N+]([O-])c1cccc(C2=NOC3(CS(=O)(=O)c4ccccc4)CCCN23)c1. The average Bonchev–Trinajstić information content (AvgIpc) is 3.20. The quantitative estimate of drug-likeness (QED) is 0.577. The number of hydrogen-bond donors (Lipinski definition) is 0. The largest absolute Gasteiger partial charge is 0.364 e. The molecule has 0 saturated carbocycles. The molecule has 2 aromatic rings. The second-order valence-corrected chi connectivity index (χ2v) is 8.58. The van der Waals surface area contributed by atoms with Gasteiger partial charge in [-0.3, -0.25) is 10.1 Å². The zero-order chi connectivity index (χ0) is 19.1. The van der Waals surface area contributed by atoms with E-state index < -0.39 is 20.5 Å². The summed E-state index contributed by atoms with van der Waals surface area (Å²) < 4.78 is 25.7. The van der Waals surface area contributed by atoms with Crippen LogP contribution in [-0.2, 0) is 14.7 Å². The lowest BCUT2D eigenvalue weighted by Gasteiger charge is -2.30. The van der Waals surface area contributed by atoms with Gasteiger partial charge in [0.2, 0.25) is 5.72 Å². The van der Waals surface area contributed by atoms with E-state index in [4.69, 9.17) is 4.84 Å². The van der Waals surface area contributed by atoms with Crippen molar-refractivity contribution in [1.29, 1.82) is 0 Å². The Morgan fingerprint density at radius 1 is 1.19 bits per heavy atom. The smallest absolute Gasteiger partial charge is 0.270 e. The van der Waals surface area contributed by atoms with Gasteiger partial charge in [0.15, 0.2) is 15.7 Å². The van der Waals surface area contributed by atoms with E-state index in [1.54, 1.807) is 42.5 Å². The van der Waals surface area contributed by atoms with Gasteiger partial charge in [-0.1, -0.05) is 35.5 Å². The minimum atomic E-state index is -3.58. The summed E-state index contributed by atoms with van der Waals surface area (Å²) in [6, 6.07) is 14.3. The molecule has 1 unspecified atom stereocenters. The van der Waals surface area contributed by atoms with Crippen LogP contribution in [-0.4, -0.2) is 42.1 Å². The predicted octanol–water partition coefficient (Wildman–Crippen LogP) is 2.55. The molecule has 27 heavy (non-hydrogen) atoms. The zero-order valence-electron chi connectivity index (χ0n) is 14.3. The summed E-state index contributed by atoms with van der Waals surface area (Å²) in [5.41, 5.74) is -0.594. The van der Waals surface area contributed by atoms with Crippen LogP contribution >= 0.6 is 0 Å². The van der Waals surface area contributed by atoms with E-state index in [-0.39, 0.29) is 16.3 Å². The van der Waals surface area contributed by atoms with Gasteiger partial charge >= 0.3 is 0 Å². The molecule has 0 N–H and O–H groups in total. The maximum atomic E-state index is 12.9. The number of non-ortho nitro benzene ring substituents is 1. The molecular formula is C18H17N3O5S. The molecule has 2 heterocycles. The highest BCUT2D eigenvalue weighted by Crippen LogP contribution is 2.39. The second-order valence-electron chi connectivity index (χ2n) is 6.59. The minimum Gasteiger partial charge on any atom is -0.364 e. The van der Waals surface area contributed by atoms with Crippen LogP contribution in [0.15, 0.2) is 64.6 Å². The van der Waals surface area contributed by atoms with E-state index in [0.717, 1.165) is 6.42 Å². The Kier molecular flexibility index (Phi) is 4.11. The second kappa shape index (κ2) is 6.34. The summed E-state index contributed by atoms with van der Waals surface area (Å²) in [5.74, 6) is 0.200. The van der Waals surface area contributed by atoms with Gasteiger partial charge in [-0.05, 0) is 18.6 Å². The first-order chi connectivity index (χ1) is 12.9. The van der Waals surface area contributed by atoms with Crippen molar-refractivity contribution in [2.45, 2.75) is 23.5 Å². The Morgan fingerprint density at radius 3 is 2.70 bits per heavy atom. The fourth-order valence-electron chi connectivity index (χ4n) is 3.58. The van der Waals surface area contributed by atoms with E-state index in [0.29, 0.717) is 24.4 Å². The van der Waals surface area contributed by atoms with Gasteiger partial charge < -0.3 is 9.74 Å². The topological polar surface area (TPSA) is 102 Å². The van der Waals surface area contributed by atoms with Crippen molar-refractivity contribution in [3.05, 3.63) is 70.3 Å². The Hall–Kier alpha value is -2.94. The fraction of sp³-hybridized carbons (Fsp3) is 0.278. The molecular weight excluding hydrogens is 370 g/mol. The van der Waals surface area contributed by atoms with Crippen molar-refractivity contribution in [3.63, 3.8) is 0 Å². The molecule has 0 spiro atoms. The molecule has 0 amide bonds. The van der Waals surface area contributed by atoms with Crippen LogP contribution in [0.1, 0.15) is 18.4 Å². The van der Waals surface area contributed by atoms with Gasteiger partial charge in [-0.25, -0.2) is 8.42 Å². The number of sulfone groups is 1. The summed E-state index contributed by atoms with van der Waals surface area (Å²) in [6.07, 6.45) is 1.26. The van der Waals surface area contributed by atoms with E-state index in [9.17, 15) is 18.5 Å². The summed E-state index contributed by atoms with van der Waals surface area (Å²) in [5, 5.41) is 15.1. The molecule has 1 saturated heterocycles. The van der Waals surface area contributed by atoms with Crippen LogP contribution < -0.4 is 0 Å². The lowest BCUT2D eigenvalue weighted by molar-refractivity contribution is -0.384. The summed E-state index contributed by atoms with van der Waals surface area (Å²) in [6.45, 7) is 0.575. The molecule has 0 bridgehead atoms. The van der Waals surface area contributed by atoms with Gasteiger partial charge in [0.05, 0.1) is 9.82 Å². The average molecular weight is 387 g/mol. The molecule has 2 aliphatic rings.